The molecule has 0 heterocycles. The van der Waals surface area contributed by atoms with Gasteiger partial charge in [0.1, 0.15) is 0 Å². The maximum atomic E-state index is 13.6. The van der Waals surface area contributed by atoms with Gasteiger partial charge >= 0.3 is 0 Å². The van der Waals surface area contributed by atoms with E-state index in [-0.39, 0.29) is 9.79 Å². The molecule has 0 bridgehead atoms. The fourth-order valence-electron chi connectivity index (χ4n) is 5.67. The molecule has 0 unspecified atom stereocenters. The van der Waals surface area contributed by atoms with Crippen LogP contribution in [0.25, 0.3) is 0 Å². The highest BCUT2D eigenvalue weighted by atomic mass is 33.1. The molecule has 4 atom stereocenters. The third-order valence-corrected chi connectivity index (χ3v) is 13.8. The Bertz CT molecular complexity index is 2080. The molecular formula is C40H38N4O4S4. The summed E-state index contributed by atoms with van der Waals surface area (Å²) < 4.78 is 59.9. The van der Waals surface area contributed by atoms with Crippen LogP contribution in [0.4, 0.5) is 0 Å². The Morgan fingerprint density at radius 3 is 0.942 bits per heavy atom. The second kappa shape index (κ2) is 17.1. The van der Waals surface area contributed by atoms with E-state index in [9.17, 15) is 16.8 Å². The summed E-state index contributed by atoms with van der Waals surface area (Å²) in [6.07, 6.45) is 0. The van der Waals surface area contributed by atoms with Gasteiger partial charge in [-0.25, -0.2) is 26.3 Å². The molecule has 0 aliphatic heterocycles. The third kappa shape index (κ3) is 9.40. The van der Waals surface area contributed by atoms with Gasteiger partial charge < -0.3 is 11.5 Å². The zero-order chi connectivity index (χ0) is 36.6. The maximum Gasteiger partial charge on any atom is 0.241 e. The summed E-state index contributed by atoms with van der Waals surface area (Å²) in [7, 11) is -5.00. The van der Waals surface area contributed by atoms with Gasteiger partial charge in [0.25, 0.3) is 0 Å². The third-order valence-electron chi connectivity index (χ3n) is 8.47. The lowest BCUT2D eigenvalue weighted by Gasteiger charge is -2.26. The highest BCUT2D eigenvalue weighted by Crippen LogP contribution is 2.38. The number of hydrogen-bond donors (Lipinski definition) is 4. The molecule has 0 aliphatic carbocycles. The lowest BCUT2D eigenvalue weighted by atomic mass is 9.95. The van der Waals surface area contributed by atoms with E-state index < -0.39 is 44.2 Å². The van der Waals surface area contributed by atoms with Crippen molar-refractivity contribution in [2.24, 2.45) is 11.5 Å². The highest BCUT2D eigenvalue weighted by Gasteiger charge is 2.29. The Kier molecular flexibility index (Phi) is 12.3. The Morgan fingerprint density at radius 2 is 0.654 bits per heavy atom. The fourth-order valence-corrected chi connectivity index (χ4v) is 10.1. The molecule has 6 aromatic carbocycles. The fraction of sp³-hybridized carbons (Fsp3) is 0.100. The Hall–Kier alpha value is -4.24. The molecule has 0 saturated heterocycles. The lowest BCUT2D eigenvalue weighted by molar-refractivity contribution is 0.503. The Morgan fingerprint density at radius 1 is 0.385 bits per heavy atom. The first-order valence-corrected chi connectivity index (χ1v) is 21.5. The molecule has 0 fully saturated rings. The van der Waals surface area contributed by atoms with Gasteiger partial charge in [-0.3, -0.25) is 0 Å². The molecule has 0 aliphatic rings. The average Bonchev–Trinajstić information content (AvgIpc) is 3.19. The molecule has 52 heavy (non-hydrogen) atoms. The predicted molar refractivity (Wildman–Crippen MR) is 210 cm³/mol. The minimum absolute atomic E-state index is 0.117. The topological polar surface area (TPSA) is 144 Å². The van der Waals surface area contributed by atoms with E-state index in [1.54, 1.807) is 48.5 Å². The van der Waals surface area contributed by atoms with Crippen molar-refractivity contribution in [3.05, 3.63) is 192 Å². The van der Waals surface area contributed by atoms with E-state index >= 15 is 0 Å². The van der Waals surface area contributed by atoms with Crippen molar-refractivity contribution < 1.29 is 16.8 Å². The standard InChI is InChI=1S/C40H38N4O4S4/c41-37(29-13-5-1-6-14-29)39(31-17-9-3-10-18-31)43-51(45,46)35-25-21-33(22-26-35)49-50-34-23-27-36(28-24-34)52(47,48)44-40(32-19-11-4-12-20-32)38(42)30-15-7-2-8-16-30/h1-28,37-40,43-44H,41-42H2/t37-,38-,39-,40-/m0/s1. The van der Waals surface area contributed by atoms with Crippen molar-refractivity contribution in [1.82, 2.24) is 9.44 Å². The van der Waals surface area contributed by atoms with E-state index in [2.05, 4.69) is 9.44 Å². The van der Waals surface area contributed by atoms with Crippen molar-refractivity contribution in [2.45, 2.75) is 43.7 Å². The molecular weight excluding hydrogens is 729 g/mol. The van der Waals surface area contributed by atoms with Crippen molar-refractivity contribution in [3.8, 4) is 0 Å². The molecule has 8 nitrogen and oxygen atoms in total. The summed E-state index contributed by atoms with van der Waals surface area (Å²) in [5, 5.41) is 0. The van der Waals surface area contributed by atoms with Gasteiger partial charge in [0.15, 0.2) is 0 Å². The van der Waals surface area contributed by atoms with Crippen LogP contribution in [-0.4, -0.2) is 16.8 Å². The second-order valence-corrected chi connectivity index (χ2v) is 17.7. The quantitative estimate of drug-likeness (QED) is 0.0772. The molecule has 6 rings (SSSR count). The van der Waals surface area contributed by atoms with Crippen LogP contribution in [0.2, 0.25) is 0 Å². The first-order valence-electron chi connectivity index (χ1n) is 16.4. The van der Waals surface area contributed by atoms with Crippen LogP contribution in [0.3, 0.4) is 0 Å². The molecule has 12 heteroatoms. The van der Waals surface area contributed by atoms with Crippen LogP contribution in [0.15, 0.2) is 189 Å². The van der Waals surface area contributed by atoms with E-state index in [4.69, 9.17) is 11.5 Å². The van der Waals surface area contributed by atoms with Crippen molar-refractivity contribution in [1.29, 1.82) is 0 Å². The number of rotatable bonds is 15. The summed E-state index contributed by atoms with van der Waals surface area (Å²) in [5.41, 5.74) is 16.4. The van der Waals surface area contributed by atoms with E-state index in [1.807, 2.05) is 121 Å². The number of nitrogens with two attached hydrogens (primary N) is 2. The van der Waals surface area contributed by atoms with Gasteiger partial charge in [-0.05, 0) is 70.8 Å². The highest BCUT2D eigenvalue weighted by molar-refractivity contribution is 8.76. The molecule has 0 amide bonds. The normalized spacial score (nSPS) is 14.3. The predicted octanol–water partition coefficient (Wildman–Crippen LogP) is 7.93. The maximum absolute atomic E-state index is 13.6. The van der Waals surface area contributed by atoms with Crippen molar-refractivity contribution in [3.63, 3.8) is 0 Å². The Balaban J connectivity index is 1.11. The largest absolute Gasteiger partial charge is 0.322 e. The molecule has 0 aromatic heterocycles. The minimum Gasteiger partial charge on any atom is -0.322 e. The van der Waals surface area contributed by atoms with Crippen molar-refractivity contribution in [2.75, 3.05) is 0 Å². The molecule has 6 aromatic rings. The minimum atomic E-state index is -3.93. The van der Waals surface area contributed by atoms with Gasteiger partial charge in [-0.2, -0.15) is 0 Å². The van der Waals surface area contributed by atoms with Crippen molar-refractivity contribution >= 4 is 41.6 Å². The molecule has 0 radical (unpaired) electrons. The summed E-state index contributed by atoms with van der Waals surface area (Å²) in [6.45, 7) is 0. The van der Waals surface area contributed by atoms with Gasteiger partial charge in [0, 0.05) is 9.79 Å². The lowest BCUT2D eigenvalue weighted by Crippen LogP contribution is -2.36. The first kappa shape index (κ1) is 37.5. The van der Waals surface area contributed by atoms with Crippen LogP contribution >= 0.6 is 21.6 Å². The van der Waals surface area contributed by atoms with E-state index in [0.29, 0.717) is 0 Å². The summed E-state index contributed by atoms with van der Waals surface area (Å²) in [6, 6.07) is 48.0. The summed E-state index contributed by atoms with van der Waals surface area (Å²) in [4.78, 5) is 1.88. The number of hydrogen-bond acceptors (Lipinski definition) is 8. The van der Waals surface area contributed by atoms with Crippen LogP contribution in [0, 0.1) is 0 Å². The molecule has 0 saturated carbocycles. The first-order chi connectivity index (χ1) is 25.1. The van der Waals surface area contributed by atoms with Gasteiger partial charge in [-0.15, -0.1) is 0 Å². The molecule has 6 N–H and O–H groups in total. The zero-order valence-corrected chi connectivity index (χ0v) is 31.2. The number of benzene rings is 6. The van der Waals surface area contributed by atoms with Gasteiger partial charge in [0.2, 0.25) is 20.0 Å². The smallest absolute Gasteiger partial charge is 0.241 e. The van der Waals surface area contributed by atoms with Crippen LogP contribution < -0.4 is 20.9 Å². The second-order valence-electron chi connectivity index (χ2n) is 12.0. The van der Waals surface area contributed by atoms with Gasteiger partial charge in [-0.1, -0.05) is 143 Å². The Labute approximate surface area is 313 Å². The van der Waals surface area contributed by atoms with Crippen LogP contribution in [0.1, 0.15) is 46.4 Å². The van der Waals surface area contributed by atoms with E-state index in [1.165, 1.54) is 21.6 Å². The van der Waals surface area contributed by atoms with E-state index in [0.717, 1.165) is 32.0 Å². The number of nitrogens with one attached hydrogen (secondary N) is 2. The molecule has 266 valence electrons. The summed E-state index contributed by atoms with van der Waals surface area (Å²) >= 11 is 0. The van der Waals surface area contributed by atoms with Gasteiger partial charge in [0.05, 0.1) is 34.0 Å². The SMILES string of the molecule is N[C@@H](c1ccccc1)[C@@H](NS(=O)(=O)c1ccc(SSc2ccc(S(=O)(=O)N[C@@H](c3ccccc3)[C@@H](N)c3ccccc3)cc2)cc1)c1ccccc1. The summed E-state index contributed by atoms with van der Waals surface area (Å²) in [5.74, 6) is 0. The zero-order valence-electron chi connectivity index (χ0n) is 27.9. The van der Waals surface area contributed by atoms with Crippen LogP contribution in [0.5, 0.6) is 0 Å². The number of sulfonamides is 2. The molecule has 0 spiro atoms. The average molecular weight is 767 g/mol. The van der Waals surface area contributed by atoms with Crippen LogP contribution in [-0.2, 0) is 20.0 Å². The monoisotopic (exact) mass is 766 g/mol.